The van der Waals surface area contributed by atoms with E-state index in [9.17, 15) is 9.59 Å². The summed E-state index contributed by atoms with van der Waals surface area (Å²) >= 11 is 6.05. The van der Waals surface area contributed by atoms with Crippen molar-refractivity contribution in [3.63, 3.8) is 0 Å². The van der Waals surface area contributed by atoms with Gasteiger partial charge in [-0.25, -0.2) is 0 Å². The summed E-state index contributed by atoms with van der Waals surface area (Å²) < 4.78 is 5.73. The van der Waals surface area contributed by atoms with Gasteiger partial charge in [0.1, 0.15) is 5.58 Å². The van der Waals surface area contributed by atoms with Crippen LogP contribution in [0.15, 0.2) is 51.7 Å². The molecule has 120 valence electrons. The molecule has 0 saturated heterocycles. The van der Waals surface area contributed by atoms with Crippen LogP contribution >= 0.6 is 11.6 Å². The van der Waals surface area contributed by atoms with E-state index in [1.165, 1.54) is 0 Å². The van der Waals surface area contributed by atoms with Gasteiger partial charge in [-0.15, -0.1) is 0 Å². The van der Waals surface area contributed by atoms with Crippen LogP contribution in [0.2, 0.25) is 5.02 Å². The lowest BCUT2D eigenvalue weighted by Crippen LogP contribution is -2.21. The SMILES string of the molecule is CCc1ccc2oc3c(c(=O)c2c1)C(c1cccc(Cl)c1)NC3=O. The molecular weight excluding hydrogens is 326 g/mol. The van der Waals surface area contributed by atoms with Crippen LogP contribution in [-0.4, -0.2) is 5.91 Å². The minimum Gasteiger partial charge on any atom is -0.450 e. The molecule has 3 aromatic rings. The van der Waals surface area contributed by atoms with Crippen LogP contribution in [0.5, 0.6) is 0 Å². The Morgan fingerprint density at radius 2 is 2.00 bits per heavy atom. The molecule has 1 aromatic heterocycles. The molecular formula is C19H14ClNO3. The summed E-state index contributed by atoms with van der Waals surface area (Å²) in [4.78, 5) is 25.3. The number of benzene rings is 2. The number of hydrogen-bond donors (Lipinski definition) is 1. The summed E-state index contributed by atoms with van der Waals surface area (Å²) in [7, 11) is 0. The molecule has 1 aliphatic heterocycles. The third-order valence-corrected chi connectivity index (χ3v) is 4.59. The number of carbonyl (C=O) groups excluding carboxylic acids is 1. The molecule has 0 bridgehead atoms. The molecule has 2 heterocycles. The van der Waals surface area contributed by atoms with Crippen LogP contribution in [0.1, 0.15) is 40.2 Å². The third kappa shape index (κ3) is 2.22. The van der Waals surface area contributed by atoms with Crippen molar-refractivity contribution in [1.29, 1.82) is 0 Å². The van der Waals surface area contributed by atoms with Crippen molar-refractivity contribution in [2.45, 2.75) is 19.4 Å². The second-order valence-corrected chi connectivity index (χ2v) is 6.26. The van der Waals surface area contributed by atoms with E-state index in [2.05, 4.69) is 5.32 Å². The molecule has 4 rings (SSSR count). The Kier molecular flexibility index (Phi) is 3.43. The zero-order valence-electron chi connectivity index (χ0n) is 12.9. The highest BCUT2D eigenvalue weighted by atomic mass is 35.5. The van der Waals surface area contributed by atoms with Crippen LogP contribution in [0, 0.1) is 0 Å². The van der Waals surface area contributed by atoms with Crippen molar-refractivity contribution in [3.05, 3.63) is 80.2 Å². The minimum atomic E-state index is -0.544. The van der Waals surface area contributed by atoms with Crippen LogP contribution < -0.4 is 10.7 Å². The zero-order valence-corrected chi connectivity index (χ0v) is 13.7. The molecule has 0 saturated carbocycles. The molecule has 4 nitrogen and oxygen atoms in total. The largest absolute Gasteiger partial charge is 0.450 e. The molecule has 5 heteroatoms. The van der Waals surface area contributed by atoms with Gasteiger partial charge in [0.05, 0.1) is 17.0 Å². The van der Waals surface area contributed by atoms with Gasteiger partial charge < -0.3 is 9.73 Å². The fourth-order valence-electron chi connectivity index (χ4n) is 3.11. The fourth-order valence-corrected chi connectivity index (χ4v) is 3.31. The monoisotopic (exact) mass is 339 g/mol. The minimum absolute atomic E-state index is 0.0849. The van der Waals surface area contributed by atoms with Crippen LogP contribution in [0.25, 0.3) is 11.0 Å². The number of fused-ring (bicyclic) bond motifs is 2. The summed E-state index contributed by atoms with van der Waals surface area (Å²) in [5.74, 6) is -0.296. The van der Waals surface area contributed by atoms with Crippen molar-refractivity contribution in [2.24, 2.45) is 0 Å². The molecule has 1 N–H and O–H groups in total. The van der Waals surface area contributed by atoms with Crippen LogP contribution in [-0.2, 0) is 6.42 Å². The Morgan fingerprint density at radius 3 is 2.75 bits per heavy atom. The Morgan fingerprint density at radius 1 is 1.17 bits per heavy atom. The highest BCUT2D eigenvalue weighted by Crippen LogP contribution is 2.32. The molecule has 1 unspecified atom stereocenters. The van der Waals surface area contributed by atoms with Gasteiger partial charge in [-0.05, 0) is 41.8 Å². The van der Waals surface area contributed by atoms with E-state index in [0.29, 0.717) is 21.6 Å². The first-order valence-electron chi connectivity index (χ1n) is 7.74. The van der Waals surface area contributed by atoms with Gasteiger partial charge in [-0.3, -0.25) is 9.59 Å². The molecule has 0 fully saturated rings. The maximum atomic E-state index is 13.0. The maximum Gasteiger partial charge on any atom is 0.288 e. The van der Waals surface area contributed by atoms with E-state index in [1.54, 1.807) is 24.3 Å². The zero-order chi connectivity index (χ0) is 16.8. The first-order valence-corrected chi connectivity index (χ1v) is 8.12. The predicted octanol–water partition coefficient (Wildman–Crippen LogP) is 3.84. The molecule has 1 atom stereocenters. The standard InChI is InChI=1S/C19H14ClNO3/c1-2-10-6-7-14-13(8-10)17(22)15-16(21-19(23)18(15)24-14)11-4-3-5-12(20)9-11/h3-9,16H,2H2,1H3,(H,21,23). The number of carbonyl (C=O) groups is 1. The fraction of sp³-hybridized carbons (Fsp3) is 0.158. The van der Waals surface area contributed by atoms with Gasteiger partial charge in [0, 0.05) is 5.02 Å². The number of halogens is 1. The van der Waals surface area contributed by atoms with Crippen LogP contribution in [0.3, 0.4) is 0 Å². The Balaban J connectivity index is 1.99. The van der Waals surface area contributed by atoms with Gasteiger partial charge in [0.15, 0.2) is 5.43 Å². The van der Waals surface area contributed by atoms with E-state index in [4.69, 9.17) is 16.0 Å². The number of aryl methyl sites for hydroxylation is 1. The van der Waals surface area contributed by atoms with Crippen molar-refractivity contribution in [2.75, 3.05) is 0 Å². The van der Waals surface area contributed by atoms with Gasteiger partial charge in [0.25, 0.3) is 5.91 Å². The lowest BCUT2D eigenvalue weighted by molar-refractivity contribution is 0.0938. The smallest absolute Gasteiger partial charge is 0.288 e. The van der Waals surface area contributed by atoms with Gasteiger partial charge in [-0.2, -0.15) is 0 Å². The number of rotatable bonds is 2. The average molecular weight is 340 g/mol. The van der Waals surface area contributed by atoms with E-state index in [0.717, 1.165) is 17.5 Å². The van der Waals surface area contributed by atoms with Crippen molar-refractivity contribution in [3.8, 4) is 0 Å². The summed E-state index contributed by atoms with van der Waals surface area (Å²) in [6, 6.07) is 12.1. The van der Waals surface area contributed by atoms with E-state index < -0.39 is 6.04 Å². The topological polar surface area (TPSA) is 59.3 Å². The lowest BCUT2D eigenvalue weighted by Gasteiger charge is -2.12. The van der Waals surface area contributed by atoms with Gasteiger partial charge >= 0.3 is 0 Å². The Labute approximate surface area is 143 Å². The number of hydrogen-bond acceptors (Lipinski definition) is 3. The van der Waals surface area contributed by atoms with Crippen molar-refractivity contribution >= 4 is 28.5 Å². The molecule has 0 spiro atoms. The summed E-state index contributed by atoms with van der Waals surface area (Å²) in [5.41, 5.74) is 2.41. The second kappa shape index (κ2) is 5.49. The highest BCUT2D eigenvalue weighted by Gasteiger charge is 2.35. The predicted molar refractivity (Wildman–Crippen MR) is 92.6 cm³/mol. The average Bonchev–Trinajstić information content (AvgIpc) is 2.92. The quantitative estimate of drug-likeness (QED) is 0.771. The normalized spacial score (nSPS) is 16.2. The molecule has 1 amide bonds. The third-order valence-electron chi connectivity index (χ3n) is 4.35. The first-order chi connectivity index (χ1) is 11.6. The molecule has 2 aromatic carbocycles. The summed E-state index contributed by atoms with van der Waals surface area (Å²) in [5, 5.41) is 3.86. The second-order valence-electron chi connectivity index (χ2n) is 5.82. The lowest BCUT2D eigenvalue weighted by atomic mass is 9.99. The van der Waals surface area contributed by atoms with Crippen molar-refractivity contribution < 1.29 is 9.21 Å². The van der Waals surface area contributed by atoms with E-state index >= 15 is 0 Å². The Bertz CT molecular complexity index is 1040. The Hall–Kier alpha value is -2.59. The van der Waals surface area contributed by atoms with Gasteiger partial charge in [0.2, 0.25) is 5.76 Å². The molecule has 24 heavy (non-hydrogen) atoms. The van der Waals surface area contributed by atoms with E-state index in [-0.39, 0.29) is 17.1 Å². The molecule has 0 aliphatic carbocycles. The first kappa shape index (κ1) is 15.0. The number of amides is 1. The maximum absolute atomic E-state index is 13.0. The van der Waals surface area contributed by atoms with Crippen molar-refractivity contribution in [1.82, 2.24) is 5.32 Å². The van der Waals surface area contributed by atoms with Crippen LogP contribution in [0.4, 0.5) is 0 Å². The molecule has 0 radical (unpaired) electrons. The van der Waals surface area contributed by atoms with Gasteiger partial charge in [-0.1, -0.05) is 36.7 Å². The number of nitrogens with one attached hydrogen (secondary N) is 1. The summed E-state index contributed by atoms with van der Waals surface area (Å²) in [6.07, 6.45) is 0.821. The highest BCUT2D eigenvalue weighted by molar-refractivity contribution is 6.30. The summed E-state index contributed by atoms with van der Waals surface area (Å²) in [6.45, 7) is 2.02. The molecule has 1 aliphatic rings. The van der Waals surface area contributed by atoms with E-state index in [1.807, 2.05) is 25.1 Å².